The highest BCUT2D eigenvalue weighted by atomic mass is 19.1. The molecular weight excluding hydrogens is 195 g/mol. The second-order valence-corrected chi connectivity index (χ2v) is 3.30. The molecule has 0 radical (unpaired) electrons. The highest BCUT2D eigenvalue weighted by Crippen LogP contribution is 2.20. The van der Waals surface area contributed by atoms with E-state index < -0.39 is 6.10 Å². The Kier molecular flexibility index (Phi) is 2.47. The van der Waals surface area contributed by atoms with E-state index in [0.29, 0.717) is 11.1 Å². The lowest BCUT2D eigenvalue weighted by Crippen LogP contribution is -2.10. The van der Waals surface area contributed by atoms with Crippen LogP contribution in [0.1, 0.15) is 5.56 Å². The third-order valence-corrected chi connectivity index (χ3v) is 2.20. The van der Waals surface area contributed by atoms with Crippen LogP contribution in [0.5, 0.6) is 0 Å². The molecule has 2 nitrogen and oxygen atoms in total. The van der Waals surface area contributed by atoms with Crippen LogP contribution in [-0.2, 0) is 4.79 Å². The van der Waals surface area contributed by atoms with Gasteiger partial charge < -0.3 is 5.11 Å². The lowest BCUT2D eigenvalue weighted by atomic mass is 9.96. The molecule has 0 saturated heterocycles. The number of rotatable bonds is 1. The van der Waals surface area contributed by atoms with Gasteiger partial charge in [0, 0.05) is 5.57 Å². The first-order valence-electron chi connectivity index (χ1n) is 4.55. The van der Waals surface area contributed by atoms with Gasteiger partial charge in [-0.3, -0.25) is 4.79 Å². The third-order valence-electron chi connectivity index (χ3n) is 2.20. The van der Waals surface area contributed by atoms with E-state index in [1.54, 1.807) is 0 Å². The number of ketones is 1. The van der Waals surface area contributed by atoms with Crippen molar-refractivity contribution in [3.63, 3.8) is 0 Å². The Labute approximate surface area is 86.4 Å². The third kappa shape index (κ3) is 2.02. The van der Waals surface area contributed by atoms with Crippen molar-refractivity contribution in [1.82, 2.24) is 0 Å². The number of halogens is 1. The molecule has 1 unspecified atom stereocenters. The fourth-order valence-electron chi connectivity index (χ4n) is 1.45. The maximum Gasteiger partial charge on any atom is 0.186 e. The van der Waals surface area contributed by atoms with Crippen molar-refractivity contribution in [2.45, 2.75) is 6.10 Å². The molecule has 15 heavy (non-hydrogen) atoms. The predicted octanol–water partition coefficient (Wildman–Crippen LogP) is 1.71. The Morgan fingerprint density at radius 1 is 1.20 bits per heavy atom. The van der Waals surface area contributed by atoms with E-state index >= 15 is 0 Å². The van der Waals surface area contributed by atoms with Gasteiger partial charge in [0.15, 0.2) is 5.78 Å². The van der Waals surface area contributed by atoms with E-state index in [9.17, 15) is 14.3 Å². The number of aliphatic hydroxyl groups is 1. The second-order valence-electron chi connectivity index (χ2n) is 3.30. The van der Waals surface area contributed by atoms with Crippen molar-refractivity contribution in [3.8, 4) is 0 Å². The lowest BCUT2D eigenvalue weighted by Gasteiger charge is -2.10. The minimum atomic E-state index is -0.747. The molecule has 2 rings (SSSR count). The molecule has 1 aromatic carbocycles. The zero-order chi connectivity index (χ0) is 10.8. The van der Waals surface area contributed by atoms with Gasteiger partial charge in [0.2, 0.25) is 0 Å². The summed E-state index contributed by atoms with van der Waals surface area (Å²) in [5.74, 6) is -0.523. The minimum absolute atomic E-state index is 0.174. The lowest BCUT2D eigenvalue weighted by molar-refractivity contribution is -0.109. The summed E-state index contributed by atoms with van der Waals surface area (Å²) in [5, 5.41) is 9.32. The maximum atomic E-state index is 12.7. The van der Waals surface area contributed by atoms with Crippen molar-refractivity contribution < 1.29 is 14.3 Å². The number of aliphatic hydroxyl groups excluding tert-OH is 1. The van der Waals surface area contributed by atoms with Gasteiger partial charge in [-0.15, -0.1) is 0 Å². The van der Waals surface area contributed by atoms with Crippen LogP contribution in [0.15, 0.2) is 42.5 Å². The van der Waals surface area contributed by atoms with Crippen LogP contribution in [0.3, 0.4) is 0 Å². The van der Waals surface area contributed by atoms with Gasteiger partial charge in [0.05, 0.1) is 6.10 Å². The number of allylic oxidation sites excluding steroid dienone is 2. The summed E-state index contributed by atoms with van der Waals surface area (Å²) < 4.78 is 12.7. The minimum Gasteiger partial charge on any atom is -0.385 e. The van der Waals surface area contributed by atoms with E-state index in [1.165, 1.54) is 42.5 Å². The molecule has 0 aromatic heterocycles. The molecule has 1 aromatic rings. The number of hydrogen-bond acceptors (Lipinski definition) is 2. The van der Waals surface area contributed by atoms with Crippen LogP contribution in [0, 0.1) is 5.82 Å². The normalized spacial score (nSPS) is 20.3. The summed E-state index contributed by atoms with van der Waals surface area (Å²) in [4.78, 5) is 11.5. The van der Waals surface area contributed by atoms with Crippen LogP contribution < -0.4 is 0 Å². The summed E-state index contributed by atoms with van der Waals surface area (Å²) in [5.41, 5.74) is 1.02. The molecule has 3 heteroatoms. The van der Waals surface area contributed by atoms with E-state index in [1.807, 2.05) is 0 Å². The quantitative estimate of drug-likeness (QED) is 0.756. The van der Waals surface area contributed by atoms with Gasteiger partial charge in [-0.2, -0.15) is 0 Å². The van der Waals surface area contributed by atoms with Gasteiger partial charge in [-0.25, -0.2) is 4.39 Å². The summed E-state index contributed by atoms with van der Waals surface area (Å²) in [6.45, 7) is 0. The second kappa shape index (κ2) is 3.79. The Morgan fingerprint density at radius 2 is 1.87 bits per heavy atom. The Hall–Kier alpha value is -1.74. The first kappa shape index (κ1) is 9.80. The fraction of sp³-hybridized carbons (Fsp3) is 0.0833. The molecule has 0 amide bonds. The highest BCUT2D eigenvalue weighted by Gasteiger charge is 2.14. The standard InChI is InChI=1S/C12H9FO2/c13-9-3-1-8(2-4-9)11-7-10(14)5-6-12(11)15/h1-7,10,14H. The van der Waals surface area contributed by atoms with E-state index in [-0.39, 0.29) is 11.6 Å². The number of hydrogen-bond donors (Lipinski definition) is 1. The average molecular weight is 204 g/mol. The molecule has 1 aliphatic rings. The van der Waals surface area contributed by atoms with Gasteiger partial charge in [0.25, 0.3) is 0 Å². The molecule has 0 aliphatic heterocycles. The zero-order valence-electron chi connectivity index (χ0n) is 7.85. The first-order chi connectivity index (χ1) is 7.16. The number of benzene rings is 1. The fourth-order valence-corrected chi connectivity index (χ4v) is 1.45. The topological polar surface area (TPSA) is 37.3 Å². The summed E-state index contributed by atoms with van der Waals surface area (Å²) in [7, 11) is 0. The molecule has 0 fully saturated rings. The number of carbonyl (C=O) groups excluding carboxylic acids is 1. The molecule has 0 spiro atoms. The maximum absolute atomic E-state index is 12.7. The monoisotopic (exact) mass is 204 g/mol. The SMILES string of the molecule is O=C1C=CC(O)C=C1c1ccc(F)cc1. The van der Waals surface area contributed by atoms with Crippen LogP contribution in [0.25, 0.3) is 5.57 Å². The van der Waals surface area contributed by atoms with Crippen molar-refractivity contribution in [2.75, 3.05) is 0 Å². The molecule has 1 aliphatic carbocycles. The van der Waals surface area contributed by atoms with Gasteiger partial charge in [-0.1, -0.05) is 12.1 Å². The average Bonchev–Trinajstić information content (AvgIpc) is 2.23. The van der Waals surface area contributed by atoms with Crippen molar-refractivity contribution in [2.24, 2.45) is 0 Å². The molecule has 1 atom stereocenters. The van der Waals surface area contributed by atoms with Crippen LogP contribution in [0.2, 0.25) is 0 Å². The zero-order valence-corrected chi connectivity index (χ0v) is 7.85. The van der Waals surface area contributed by atoms with Crippen LogP contribution in [-0.4, -0.2) is 17.0 Å². The number of carbonyl (C=O) groups is 1. The largest absolute Gasteiger partial charge is 0.385 e. The Morgan fingerprint density at radius 3 is 2.53 bits per heavy atom. The summed E-state index contributed by atoms with van der Waals surface area (Å²) in [6, 6.07) is 5.61. The molecule has 1 N–H and O–H groups in total. The smallest absolute Gasteiger partial charge is 0.186 e. The highest BCUT2D eigenvalue weighted by molar-refractivity contribution is 6.27. The molecule has 0 saturated carbocycles. The van der Waals surface area contributed by atoms with Crippen molar-refractivity contribution in [3.05, 3.63) is 53.9 Å². The van der Waals surface area contributed by atoms with Gasteiger partial charge in [0.1, 0.15) is 5.82 Å². The van der Waals surface area contributed by atoms with Crippen LogP contribution in [0.4, 0.5) is 4.39 Å². The van der Waals surface area contributed by atoms with Gasteiger partial charge >= 0.3 is 0 Å². The van der Waals surface area contributed by atoms with Gasteiger partial charge in [-0.05, 0) is 35.9 Å². The molecular formula is C12H9FO2. The van der Waals surface area contributed by atoms with Crippen molar-refractivity contribution in [1.29, 1.82) is 0 Å². The Balaban J connectivity index is 2.38. The molecule has 0 bridgehead atoms. The Bertz CT molecular complexity index is 443. The molecule has 0 heterocycles. The first-order valence-corrected chi connectivity index (χ1v) is 4.55. The van der Waals surface area contributed by atoms with E-state index in [2.05, 4.69) is 0 Å². The van der Waals surface area contributed by atoms with E-state index in [4.69, 9.17) is 0 Å². The molecule has 76 valence electrons. The van der Waals surface area contributed by atoms with Crippen LogP contribution >= 0.6 is 0 Å². The van der Waals surface area contributed by atoms with E-state index in [0.717, 1.165) is 0 Å². The van der Waals surface area contributed by atoms with Crippen molar-refractivity contribution >= 4 is 11.4 Å². The predicted molar refractivity (Wildman–Crippen MR) is 54.5 cm³/mol. The summed E-state index contributed by atoms with van der Waals surface area (Å²) in [6.07, 6.45) is 3.44. The summed E-state index contributed by atoms with van der Waals surface area (Å²) >= 11 is 0.